The number of nitrogens with zero attached hydrogens (tertiary/aromatic N) is 1. The Morgan fingerprint density at radius 2 is 1.58 bits per heavy atom. The minimum atomic E-state index is -0.557. The first kappa shape index (κ1) is 22.0. The molecule has 0 bridgehead atoms. The summed E-state index contributed by atoms with van der Waals surface area (Å²) in [5.74, 6) is -0.448. The first-order chi connectivity index (χ1) is 16.0. The van der Waals surface area contributed by atoms with Crippen LogP contribution in [0.1, 0.15) is 56.2 Å². The van der Waals surface area contributed by atoms with Gasteiger partial charge in [-0.15, -0.1) is 0 Å². The number of hydrogen-bond donors (Lipinski definition) is 3. The number of carbonyl (C=O) groups excluding carboxylic acids is 3. The minimum Gasteiger partial charge on any atom is -0.455 e. The van der Waals surface area contributed by atoms with Gasteiger partial charge in [0, 0.05) is 23.1 Å². The number of hydrazone groups is 1. The molecule has 33 heavy (non-hydrogen) atoms. The molecule has 3 N–H and O–H groups in total. The lowest BCUT2D eigenvalue weighted by Gasteiger charge is -2.13. The molecule has 0 saturated carbocycles. The van der Waals surface area contributed by atoms with Gasteiger partial charge in [0.05, 0.1) is 12.1 Å². The zero-order chi connectivity index (χ0) is 23.2. The van der Waals surface area contributed by atoms with E-state index >= 15 is 0 Å². The van der Waals surface area contributed by atoms with E-state index in [1.165, 1.54) is 0 Å². The average molecular weight is 444 g/mol. The molecule has 168 valence electrons. The third-order valence-corrected chi connectivity index (χ3v) is 5.38. The second-order valence-electron chi connectivity index (χ2n) is 7.74. The van der Waals surface area contributed by atoms with Gasteiger partial charge in [-0.05, 0) is 37.5 Å². The van der Waals surface area contributed by atoms with Crippen molar-refractivity contribution in [3.63, 3.8) is 0 Å². The first-order valence-electron chi connectivity index (χ1n) is 10.7. The zero-order valence-electron chi connectivity index (χ0n) is 18.2. The van der Waals surface area contributed by atoms with Crippen LogP contribution in [-0.2, 0) is 17.6 Å². The first-order valence-corrected chi connectivity index (χ1v) is 10.7. The van der Waals surface area contributed by atoms with Gasteiger partial charge in [-0.2, -0.15) is 5.10 Å². The normalized spacial score (nSPS) is 13.8. The SMILES string of the molecule is Cc1c(C(=O)NNC(=O)c2ccccc2)oc2c1/C(=N/NC(=O)Cc1ccccc1)CCC2. The average Bonchev–Trinajstić information content (AvgIpc) is 3.19. The van der Waals surface area contributed by atoms with E-state index in [2.05, 4.69) is 21.4 Å². The van der Waals surface area contributed by atoms with E-state index in [1.807, 2.05) is 30.3 Å². The monoisotopic (exact) mass is 444 g/mol. The predicted octanol–water partition coefficient (Wildman–Crippen LogP) is 3.06. The van der Waals surface area contributed by atoms with Crippen molar-refractivity contribution in [3.8, 4) is 0 Å². The van der Waals surface area contributed by atoms with Gasteiger partial charge in [-0.1, -0.05) is 48.5 Å². The van der Waals surface area contributed by atoms with Crippen molar-refractivity contribution >= 4 is 23.4 Å². The summed E-state index contributed by atoms with van der Waals surface area (Å²) in [5, 5.41) is 4.32. The molecule has 0 aliphatic heterocycles. The molecule has 1 aliphatic carbocycles. The molecule has 1 heterocycles. The molecule has 1 aliphatic rings. The number of nitrogens with one attached hydrogen (secondary N) is 3. The molecule has 1 aromatic heterocycles. The van der Waals surface area contributed by atoms with E-state index in [9.17, 15) is 14.4 Å². The maximum atomic E-state index is 12.7. The topological polar surface area (TPSA) is 113 Å². The Kier molecular flexibility index (Phi) is 6.64. The molecule has 3 amide bonds. The van der Waals surface area contributed by atoms with Gasteiger partial charge in [0.15, 0.2) is 5.76 Å². The van der Waals surface area contributed by atoms with E-state index in [4.69, 9.17) is 4.42 Å². The lowest BCUT2D eigenvalue weighted by molar-refractivity contribution is -0.120. The molecular weight excluding hydrogens is 420 g/mol. The predicted molar refractivity (Wildman–Crippen MR) is 123 cm³/mol. The Bertz CT molecular complexity index is 1200. The maximum Gasteiger partial charge on any atom is 0.305 e. The summed E-state index contributed by atoms with van der Waals surface area (Å²) in [4.78, 5) is 37.1. The summed E-state index contributed by atoms with van der Waals surface area (Å²) in [6.07, 6.45) is 2.34. The summed E-state index contributed by atoms with van der Waals surface area (Å²) < 4.78 is 5.81. The molecule has 8 heteroatoms. The highest BCUT2D eigenvalue weighted by Gasteiger charge is 2.28. The lowest BCUT2D eigenvalue weighted by atomic mass is 9.93. The summed E-state index contributed by atoms with van der Waals surface area (Å²) in [6.45, 7) is 1.77. The number of furan rings is 1. The summed E-state index contributed by atoms with van der Waals surface area (Å²) in [5.41, 5.74) is 10.8. The summed E-state index contributed by atoms with van der Waals surface area (Å²) in [6, 6.07) is 18.0. The van der Waals surface area contributed by atoms with Gasteiger partial charge in [0.2, 0.25) is 5.91 Å². The molecular formula is C25H24N4O4. The number of hydrogen-bond acceptors (Lipinski definition) is 5. The van der Waals surface area contributed by atoms with Gasteiger partial charge in [-0.3, -0.25) is 25.2 Å². The van der Waals surface area contributed by atoms with Gasteiger partial charge >= 0.3 is 5.91 Å². The van der Waals surface area contributed by atoms with E-state index in [0.717, 1.165) is 17.5 Å². The van der Waals surface area contributed by atoms with E-state index in [0.29, 0.717) is 35.4 Å². The number of fused-ring (bicyclic) bond motifs is 1. The molecule has 0 fully saturated rings. The van der Waals surface area contributed by atoms with E-state index < -0.39 is 11.8 Å². The van der Waals surface area contributed by atoms with Gasteiger partial charge in [-0.25, -0.2) is 5.43 Å². The third kappa shape index (κ3) is 5.17. The lowest BCUT2D eigenvalue weighted by Crippen LogP contribution is -2.41. The highest BCUT2D eigenvalue weighted by atomic mass is 16.4. The molecule has 0 atom stereocenters. The highest BCUT2D eigenvalue weighted by Crippen LogP contribution is 2.29. The maximum absolute atomic E-state index is 12.7. The van der Waals surface area contributed by atoms with Crippen LogP contribution in [0.25, 0.3) is 0 Å². The van der Waals surface area contributed by atoms with Crippen molar-refractivity contribution in [2.24, 2.45) is 5.10 Å². The number of carbonyl (C=O) groups is 3. The highest BCUT2D eigenvalue weighted by molar-refractivity contribution is 6.07. The van der Waals surface area contributed by atoms with Crippen LogP contribution >= 0.6 is 0 Å². The van der Waals surface area contributed by atoms with Crippen LogP contribution in [-0.4, -0.2) is 23.4 Å². The van der Waals surface area contributed by atoms with Crippen LogP contribution in [0.3, 0.4) is 0 Å². The Morgan fingerprint density at radius 3 is 2.30 bits per heavy atom. The van der Waals surface area contributed by atoms with Crippen LogP contribution < -0.4 is 16.3 Å². The van der Waals surface area contributed by atoms with Crippen LogP contribution in [0.15, 0.2) is 70.2 Å². The molecule has 3 aromatic rings. The molecule has 0 saturated heterocycles. The molecule has 8 nitrogen and oxygen atoms in total. The van der Waals surface area contributed by atoms with Crippen LogP contribution in [0.4, 0.5) is 0 Å². The van der Waals surface area contributed by atoms with Crippen molar-refractivity contribution < 1.29 is 18.8 Å². The Balaban J connectivity index is 1.44. The fourth-order valence-corrected chi connectivity index (χ4v) is 3.78. The number of benzene rings is 2. The summed E-state index contributed by atoms with van der Waals surface area (Å²) in [7, 11) is 0. The largest absolute Gasteiger partial charge is 0.455 e. The van der Waals surface area contributed by atoms with Crippen molar-refractivity contribution in [1.29, 1.82) is 0 Å². The van der Waals surface area contributed by atoms with Crippen LogP contribution in [0.2, 0.25) is 0 Å². The third-order valence-electron chi connectivity index (χ3n) is 5.38. The molecule has 0 spiro atoms. The minimum absolute atomic E-state index is 0.110. The van der Waals surface area contributed by atoms with E-state index in [1.54, 1.807) is 37.3 Å². The number of aryl methyl sites for hydroxylation is 1. The van der Waals surface area contributed by atoms with Crippen molar-refractivity contribution in [2.45, 2.75) is 32.6 Å². The number of hydrazine groups is 1. The quantitative estimate of drug-likeness (QED) is 0.525. The van der Waals surface area contributed by atoms with Crippen molar-refractivity contribution in [2.75, 3.05) is 0 Å². The van der Waals surface area contributed by atoms with Crippen LogP contribution in [0, 0.1) is 6.92 Å². The number of amides is 3. The van der Waals surface area contributed by atoms with Gasteiger partial charge < -0.3 is 4.42 Å². The Morgan fingerprint density at radius 1 is 0.909 bits per heavy atom. The molecule has 2 aromatic carbocycles. The Hall–Kier alpha value is -4.20. The van der Waals surface area contributed by atoms with Crippen LogP contribution in [0.5, 0.6) is 0 Å². The van der Waals surface area contributed by atoms with Gasteiger partial charge in [0.1, 0.15) is 5.76 Å². The summed E-state index contributed by atoms with van der Waals surface area (Å²) >= 11 is 0. The van der Waals surface area contributed by atoms with Gasteiger partial charge in [0.25, 0.3) is 5.91 Å². The smallest absolute Gasteiger partial charge is 0.305 e. The molecule has 0 radical (unpaired) electrons. The molecule has 0 unspecified atom stereocenters. The Labute approximate surface area is 191 Å². The molecule has 4 rings (SSSR count). The second-order valence-corrected chi connectivity index (χ2v) is 7.74. The van der Waals surface area contributed by atoms with E-state index in [-0.39, 0.29) is 18.1 Å². The zero-order valence-corrected chi connectivity index (χ0v) is 18.2. The fourth-order valence-electron chi connectivity index (χ4n) is 3.78. The fraction of sp³-hybridized carbons (Fsp3) is 0.200. The van der Waals surface area contributed by atoms with Crippen molar-refractivity contribution in [3.05, 3.63) is 94.4 Å². The standard InChI is InChI=1S/C25H24N4O4/c1-16-22-19(26-27-21(30)15-17-9-4-2-5-10-17)13-8-14-20(22)33-23(16)25(32)29-28-24(31)18-11-6-3-7-12-18/h2-7,9-12H,8,13-15H2,1H3,(H,27,30)(H,28,31)(H,29,32)/b26-19+. The second kappa shape index (κ2) is 9.95. The number of rotatable bonds is 5. The van der Waals surface area contributed by atoms with Crippen molar-refractivity contribution in [1.82, 2.24) is 16.3 Å².